The molecule has 0 aliphatic carbocycles. The molecule has 0 saturated carbocycles. The molecule has 0 radical (unpaired) electrons. The maximum absolute atomic E-state index is 12.1. The predicted molar refractivity (Wildman–Crippen MR) is 81.6 cm³/mol. The van der Waals surface area contributed by atoms with Crippen molar-refractivity contribution >= 4 is 11.7 Å². The van der Waals surface area contributed by atoms with Gasteiger partial charge in [-0.2, -0.15) is 0 Å². The maximum atomic E-state index is 12.1. The van der Waals surface area contributed by atoms with E-state index < -0.39 is 0 Å². The summed E-state index contributed by atoms with van der Waals surface area (Å²) in [7, 11) is 1.86. The monoisotopic (exact) mass is 262 g/mol. The second kappa shape index (κ2) is 8.57. The Morgan fingerprint density at radius 2 is 1.89 bits per heavy atom. The lowest BCUT2D eigenvalue weighted by atomic mass is 10.1. The highest BCUT2D eigenvalue weighted by molar-refractivity contribution is 5.89. The minimum absolute atomic E-state index is 0.0163. The number of nitrogens with zero attached hydrogens (tertiary/aromatic N) is 1. The third-order valence-electron chi connectivity index (χ3n) is 3.33. The van der Waals surface area contributed by atoms with Crippen molar-refractivity contribution in [3.05, 3.63) is 29.8 Å². The van der Waals surface area contributed by atoms with Crippen molar-refractivity contribution in [2.45, 2.75) is 46.0 Å². The van der Waals surface area contributed by atoms with Crippen LogP contribution in [0, 0.1) is 0 Å². The quantitative estimate of drug-likeness (QED) is 0.730. The van der Waals surface area contributed by atoms with E-state index in [9.17, 15) is 4.79 Å². The van der Waals surface area contributed by atoms with Crippen LogP contribution in [0.2, 0.25) is 0 Å². The fourth-order valence-electron chi connectivity index (χ4n) is 2.04. The van der Waals surface area contributed by atoms with Crippen molar-refractivity contribution < 1.29 is 4.79 Å². The van der Waals surface area contributed by atoms with Gasteiger partial charge in [0.25, 0.3) is 0 Å². The molecular formula is C16H26N2O. The van der Waals surface area contributed by atoms with Crippen LogP contribution in [0.15, 0.2) is 24.3 Å². The zero-order chi connectivity index (χ0) is 14.1. The van der Waals surface area contributed by atoms with Crippen LogP contribution in [-0.2, 0) is 6.42 Å². The molecule has 3 nitrogen and oxygen atoms in total. The number of unbranched alkanes of at least 4 members (excludes halogenated alkanes) is 3. The topological polar surface area (TPSA) is 32.3 Å². The molecule has 0 unspecified atom stereocenters. The minimum Gasteiger partial charge on any atom is -0.328 e. The first-order valence-corrected chi connectivity index (χ1v) is 7.29. The zero-order valence-electron chi connectivity index (χ0n) is 12.4. The van der Waals surface area contributed by atoms with Crippen LogP contribution in [0.1, 0.15) is 45.1 Å². The number of carbonyl (C=O) groups is 1. The van der Waals surface area contributed by atoms with E-state index in [1.165, 1.54) is 24.8 Å². The second-order valence-electron chi connectivity index (χ2n) is 4.92. The molecule has 0 bridgehead atoms. The number of anilines is 1. The van der Waals surface area contributed by atoms with E-state index in [1.54, 1.807) is 4.90 Å². The van der Waals surface area contributed by atoms with Crippen LogP contribution in [0.3, 0.4) is 0 Å². The van der Waals surface area contributed by atoms with Gasteiger partial charge < -0.3 is 10.2 Å². The number of hydrogen-bond donors (Lipinski definition) is 1. The third kappa shape index (κ3) is 5.33. The van der Waals surface area contributed by atoms with E-state index >= 15 is 0 Å². The summed E-state index contributed by atoms with van der Waals surface area (Å²) in [6, 6.07) is 7.95. The largest absolute Gasteiger partial charge is 0.328 e. The van der Waals surface area contributed by atoms with E-state index in [4.69, 9.17) is 0 Å². The summed E-state index contributed by atoms with van der Waals surface area (Å²) in [6.07, 6.45) is 5.66. The van der Waals surface area contributed by atoms with Gasteiger partial charge in [-0.05, 0) is 24.5 Å². The molecular weight excluding hydrogens is 236 g/mol. The molecule has 19 heavy (non-hydrogen) atoms. The molecule has 1 aromatic carbocycles. The van der Waals surface area contributed by atoms with E-state index in [1.807, 2.05) is 25.2 Å². The molecule has 1 aromatic rings. The lowest BCUT2D eigenvalue weighted by Crippen LogP contribution is -2.32. The summed E-state index contributed by atoms with van der Waals surface area (Å²) in [5.41, 5.74) is 2.10. The maximum Gasteiger partial charge on any atom is 0.321 e. The number of para-hydroxylation sites is 1. The van der Waals surface area contributed by atoms with Gasteiger partial charge in [0, 0.05) is 19.3 Å². The van der Waals surface area contributed by atoms with Crippen LogP contribution in [0.4, 0.5) is 10.5 Å². The Balaban J connectivity index is 2.45. The van der Waals surface area contributed by atoms with Gasteiger partial charge in [-0.15, -0.1) is 0 Å². The van der Waals surface area contributed by atoms with Gasteiger partial charge in [-0.25, -0.2) is 4.79 Å². The molecule has 0 atom stereocenters. The number of amides is 2. The van der Waals surface area contributed by atoms with Crippen molar-refractivity contribution in [2.24, 2.45) is 0 Å². The molecule has 0 aromatic heterocycles. The van der Waals surface area contributed by atoms with Crippen LogP contribution in [-0.4, -0.2) is 24.5 Å². The highest BCUT2D eigenvalue weighted by atomic mass is 16.2. The van der Waals surface area contributed by atoms with Crippen molar-refractivity contribution in [1.29, 1.82) is 0 Å². The van der Waals surface area contributed by atoms with Crippen molar-refractivity contribution in [3.63, 3.8) is 0 Å². The molecule has 0 fully saturated rings. The fourth-order valence-corrected chi connectivity index (χ4v) is 2.04. The molecule has 1 N–H and O–H groups in total. The first-order valence-electron chi connectivity index (χ1n) is 7.29. The normalized spacial score (nSPS) is 10.3. The number of hydrogen-bond acceptors (Lipinski definition) is 1. The van der Waals surface area contributed by atoms with Crippen molar-refractivity contribution in [3.8, 4) is 0 Å². The summed E-state index contributed by atoms with van der Waals surface area (Å²) in [6.45, 7) is 5.11. The number of nitrogens with one attached hydrogen (secondary N) is 1. The van der Waals surface area contributed by atoms with Gasteiger partial charge in [-0.3, -0.25) is 0 Å². The van der Waals surface area contributed by atoms with E-state index in [-0.39, 0.29) is 6.03 Å². The van der Waals surface area contributed by atoms with Crippen molar-refractivity contribution in [1.82, 2.24) is 4.90 Å². The molecule has 0 spiro atoms. The zero-order valence-corrected chi connectivity index (χ0v) is 12.4. The molecule has 0 aliphatic rings. The summed E-state index contributed by atoms with van der Waals surface area (Å²) < 4.78 is 0. The molecule has 106 valence electrons. The Morgan fingerprint density at radius 1 is 1.16 bits per heavy atom. The number of carbonyl (C=O) groups excluding carboxylic acids is 1. The number of benzene rings is 1. The van der Waals surface area contributed by atoms with Crippen LogP contribution in [0.5, 0.6) is 0 Å². The van der Waals surface area contributed by atoms with Crippen LogP contribution >= 0.6 is 0 Å². The van der Waals surface area contributed by atoms with E-state index in [0.717, 1.165) is 25.1 Å². The SMILES string of the molecule is CCCCCCN(C)C(=O)Nc1ccccc1CC. The Hall–Kier alpha value is -1.51. The van der Waals surface area contributed by atoms with Crippen molar-refractivity contribution in [2.75, 3.05) is 18.9 Å². The average molecular weight is 262 g/mol. The van der Waals surface area contributed by atoms with Gasteiger partial charge in [0.2, 0.25) is 0 Å². The molecule has 0 saturated heterocycles. The molecule has 0 aliphatic heterocycles. The van der Waals surface area contributed by atoms with Gasteiger partial charge in [-0.1, -0.05) is 51.3 Å². The lowest BCUT2D eigenvalue weighted by Gasteiger charge is -2.19. The summed E-state index contributed by atoms with van der Waals surface area (Å²) in [5.74, 6) is 0. The number of aryl methyl sites for hydroxylation is 1. The number of rotatable bonds is 7. The first-order chi connectivity index (χ1) is 9.19. The van der Waals surface area contributed by atoms with Gasteiger partial charge >= 0.3 is 6.03 Å². The number of urea groups is 1. The molecule has 1 rings (SSSR count). The summed E-state index contributed by atoms with van der Waals surface area (Å²) >= 11 is 0. The Bertz CT molecular complexity index is 390. The average Bonchev–Trinajstić information content (AvgIpc) is 2.44. The lowest BCUT2D eigenvalue weighted by molar-refractivity contribution is 0.221. The van der Waals surface area contributed by atoms with Gasteiger partial charge in [0.15, 0.2) is 0 Å². The summed E-state index contributed by atoms with van der Waals surface area (Å²) in [4.78, 5) is 13.8. The highest BCUT2D eigenvalue weighted by Crippen LogP contribution is 2.15. The van der Waals surface area contributed by atoms with E-state index in [2.05, 4.69) is 25.2 Å². The third-order valence-corrected chi connectivity index (χ3v) is 3.33. The standard InChI is InChI=1S/C16H26N2O/c1-4-6-7-10-13-18(3)16(19)17-15-12-9-8-11-14(15)5-2/h8-9,11-12H,4-7,10,13H2,1-3H3,(H,17,19). The van der Waals surface area contributed by atoms with Crippen LogP contribution in [0.25, 0.3) is 0 Å². The Labute approximate surface area is 117 Å². The first kappa shape index (κ1) is 15.5. The van der Waals surface area contributed by atoms with Gasteiger partial charge in [0.1, 0.15) is 0 Å². The second-order valence-corrected chi connectivity index (χ2v) is 4.92. The molecule has 3 heteroatoms. The van der Waals surface area contributed by atoms with Gasteiger partial charge in [0.05, 0.1) is 0 Å². The molecule has 0 heterocycles. The Kier molecular flexibility index (Phi) is 7.01. The highest BCUT2D eigenvalue weighted by Gasteiger charge is 2.09. The summed E-state index contributed by atoms with van der Waals surface area (Å²) in [5, 5.41) is 2.99. The molecule has 2 amide bonds. The van der Waals surface area contributed by atoms with E-state index in [0.29, 0.717) is 0 Å². The predicted octanol–water partition coefficient (Wildman–Crippen LogP) is 4.29. The van der Waals surface area contributed by atoms with Crippen LogP contribution < -0.4 is 5.32 Å². The smallest absolute Gasteiger partial charge is 0.321 e. The minimum atomic E-state index is -0.0163. The fraction of sp³-hybridized carbons (Fsp3) is 0.562. The Morgan fingerprint density at radius 3 is 2.58 bits per heavy atom.